The molecule has 1 aliphatic carbocycles. The number of nitrogens with zero attached hydrogens (tertiary/aromatic N) is 4. The van der Waals surface area contributed by atoms with E-state index in [0.717, 1.165) is 44.4 Å². The molecule has 0 aromatic carbocycles. The number of aromatic nitrogens is 2. The molecule has 1 aromatic heterocycles. The highest BCUT2D eigenvalue weighted by atomic mass is 19.3. The molecule has 0 spiro atoms. The van der Waals surface area contributed by atoms with Crippen molar-refractivity contribution in [1.82, 2.24) is 19.4 Å². The summed E-state index contributed by atoms with van der Waals surface area (Å²) in [4.78, 5) is 21.1. The number of alkyl halides is 2. The van der Waals surface area contributed by atoms with Crippen LogP contribution in [0.15, 0.2) is 6.20 Å². The summed E-state index contributed by atoms with van der Waals surface area (Å²) in [5.41, 5.74) is 1.15. The lowest BCUT2D eigenvalue weighted by molar-refractivity contribution is -0.159. The van der Waals surface area contributed by atoms with Gasteiger partial charge in [0.05, 0.1) is 18.9 Å². The fraction of sp³-hybridized carbons (Fsp3) is 0.765. The third-order valence-electron chi connectivity index (χ3n) is 5.46. The van der Waals surface area contributed by atoms with Crippen LogP contribution < -0.4 is 0 Å². The smallest absolute Gasteiger partial charge is 0.249 e. The van der Waals surface area contributed by atoms with Crippen molar-refractivity contribution in [1.29, 1.82) is 0 Å². The normalized spacial score (nSPS) is 24.5. The van der Waals surface area contributed by atoms with Gasteiger partial charge in [-0.2, -0.15) is 0 Å². The van der Waals surface area contributed by atoms with Crippen LogP contribution in [-0.4, -0.2) is 70.6 Å². The van der Waals surface area contributed by atoms with Crippen LogP contribution in [0, 0.1) is 5.92 Å². The number of hydrogen-bond acceptors (Lipinski definition) is 4. The van der Waals surface area contributed by atoms with E-state index in [1.165, 1.54) is 0 Å². The highest BCUT2D eigenvalue weighted by Gasteiger charge is 2.49. The number of ether oxygens (including phenoxy) is 1. The van der Waals surface area contributed by atoms with E-state index in [1.807, 2.05) is 6.20 Å². The van der Waals surface area contributed by atoms with Crippen LogP contribution in [0.5, 0.6) is 0 Å². The van der Waals surface area contributed by atoms with Crippen LogP contribution in [0.3, 0.4) is 0 Å². The number of fused-ring (bicyclic) bond motifs is 1. The van der Waals surface area contributed by atoms with Crippen molar-refractivity contribution >= 4 is 5.91 Å². The maximum absolute atomic E-state index is 13.0. The van der Waals surface area contributed by atoms with E-state index < -0.39 is 11.8 Å². The number of imidazole rings is 1. The predicted molar refractivity (Wildman–Crippen MR) is 86.3 cm³/mol. The van der Waals surface area contributed by atoms with Crippen molar-refractivity contribution < 1.29 is 18.3 Å². The maximum atomic E-state index is 13.0. The molecule has 3 aliphatic rings. The molecule has 25 heavy (non-hydrogen) atoms. The van der Waals surface area contributed by atoms with Gasteiger partial charge < -0.3 is 14.2 Å². The molecule has 1 amide bonds. The molecule has 2 aliphatic heterocycles. The lowest BCUT2D eigenvalue weighted by atomic mass is 9.80. The zero-order valence-corrected chi connectivity index (χ0v) is 14.3. The molecule has 0 N–H and O–H groups in total. The van der Waals surface area contributed by atoms with E-state index in [1.54, 1.807) is 4.90 Å². The summed E-state index contributed by atoms with van der Waals surface area (Å²) < 4.78 is 33.7. The molecule has 1 saturated carbocycles. The number of halogens is 2. The highest BCUT2D eigenvalue weighted by Crippen LogP contribution is 2.43. The maximum Gasteiger partial charge on any atom is 0.249 e. The fourth-order valence-corrected chi connectivity index (χ4v) is 3.92. The molecular formula is C17H24F2N4O2. The minimum absolute atomic E-state index is 0.119. The number of carbonyl (C=O) groups is 1. The van der Waals surface area contributed by atoms with Crippen molar-refractivity contribution in [2.75, 3.05) is 39.4 Å². The minimum Gasteiger partial charge on any atom is -0.379 e. The molecule has 1 saturated heterocycles. The average Bonchev–Trinajstić information content (AvgIpc) is 2.82. The summed E-state index contributed by atoms with van der Waals surface area (Å²) in [6.45, 7) is 6.00. The largest absolute Gasteiger partial charge is 0.379 e. The van der Waals surface area contributed by atoms with E-state index in [4.69, 9.17) is 4.74 Å². The van der Waals surface area contributed by atoms with Crippen LogP contribution in [-0.2, 0) is 29.0 Å². The SMILES string of the molecule is O=C(C1CC(F)(F)C1)N1CCc2ncc(CN3CCOCC3)n2CC1. The van der Waals surface area contributed by atoms with E-state index >= 15 is 0 Å². The molecule has 1 aromatic rings. The monoisotopic (exact) mass is 354 g/mol. The Morgan fingerprint density at radius 2 is 1.96 bits per heavy atom. The fourth-order valence-electron chi connectivity index (χ4n) is 3.92. The van der Waals surface area contributed by atoms with E-state index in [9.17, 15) is 13.6 Å². The number of amides is 1. The van der Waals surface area contributed by atoms with Crippen molar-refractivity contribution in [3.63, 3.8) is 0 Å². The van der Waals surface area contributed by atoms with Gasteiger partial charge in [-0.3, -0.25) is 9.69 Å². The molecule has 0 bridgehead atoms. The number of rotatable bonds is 3. The molecule has 0 unspecified atom stereocenters. The summed E-state index contributed by atoms with van der Waals surface area (Å²) in [6.07, 6.45) is 2.01. The molecule has 138 valence electrons. The van der Waals surface area contributed by atoms with Crippen molar-refractivity contribution in [3.8, 4) is 0 Å². The van der Waals surface area contributed by atoms with Gasteiger partial charge in [-0.1, -0.05) is 0 Å². The summed E-state index contributed by atoms with van der Waals surface area (Å²) in [7, 11) is 0. The lowest BCUT2D eigenvalue weighted by Crippen LogP contribution is -2.47. The third-order valence-corrected chi connectivity index (χ3v) is 5.46. The summed E-state index contributed by atoms with van der Waals surface area (Å²) in [5.74, 6) is -2.29. The molecule has 0 radical (unpaired) electrons. The van der Waals surface area contributed by atoms with E-state index in [2.05, 4.69) is 14.5 Å². The Morgan fingerprint density at radius 1 is 1.20 bits per heavy atom. The van der Waals surface area contributed by atoms with Crippen LogP contribution in [0.4, 0.5) is 8.78 Å². The van der Waals surface area contributed by atoms with Gasteiger partial charge >= 0.3 is 0 Å². The van der Waals surface area contributed by atoms with Crippen LogP contribution >= 0.6 is 0 Å². The number of hydrogen-bond donors (Lipinski definition) is 0. The van der Waals surface area contributed by atoms with Crippen molar-refractivity contribution in [2.45, 2.75) is 38.3 Å². The molecule has 0 atom stereocenters. The van der Waals surface area contributed by atoms with Gasteiger partial charge in [0.1, 0.15) is 5.82 Å². The van der Waals surface area contributed by atoms with Crippen LogP contribution in [0.1, 0.15) is 24.4 Å². The van der Waals surface area contributed by atoms with Gasteiger partial charge in [-0.25, -0.2) is 13.8 Å². The number of carbonyl (C=O) groups excluding carboxylic acids is 1. The first-order valence-corrected chi connectivity index (χ1v) is 9.02. The van der Waals surface area contributed by atoms with Crippen LogP contribution in [0.25, 0.3) is 0 Å². The summed E-state index contributed by atoms with van der Waals surface area (Å²) in [5, 5.41) is 0. The molecule has 4 rings (SSSR count). The first kappa shape index (κ1) is 16.9. The standard InChI is InChI=1S/C17H24F2N4O2/c18-17(19)9-13(10-17)16(24)22-2-1-15-20-11-14(23(15)4-3-22)12-21-5-7-25-8-6-21/h11,13H,1-10,12H2. The van der Waals surface area contributed by atoms with Gasteiger partial charge in [0, 0.05) is 70.6 Å². The van der Waals surface area contributed by atoms with Crippen molar-refractivity contribution in [3.05, 3.63) is 17.7 Å². The van der Waals surface area contributed by atoms with Gasteiger partial charge in [0.15, 0.2) is 0 Å². The molecule has 6 nitrogen and oxygen atoms in total. The van der Waals surface area contributed by atoms with Crippen LogP contribution in [0.2, 0.25) is 0 Å². The van der Waals surface area contributed by atoms with E-state index in [0.29, 0.717) is 26.1 Å². The quantitative estimate of drug-likeness (QED) is 0.817. The topological polar surface area (TPSA) is 50.6 Å². The van der Waals surface area contributed by atoms with Gasteiger partial charge in [-0.05, 0) is 0 Å². The summed E-state index contributed by atoms with van der Waals surface area (Å²) in [6, 6.07) is 0. The highest BCUT2D eigenvalue weighted by molar-refractivity contribution is 5.80. The first-order chi connectivity index (χ1) is 12.0. The van der Waals surface area contributed by atoms with Gasteiger partial charge in [0.2, 0.25) is 11.8 Å². The Balaban J connectivity index is 1.38. The van der Waals surface area contributed by atoms with Gasteiger partial charge in [0.25, 0.3) is 0 Å². The molecule has 8 heteroatoms. The predicted octanol–water partition coefficient (Wildman–Crippen LogP) is 1.15. The zero-order valence-electron chi connectivity index (χ0n) is 14.3. The lowest BCUT2D eigenvalue weighted by Gasteiger charge is -2.36. The Hall–Kier alpha value is -1.54. The average molecular weight is 354 g/mol. The second-order valence-electron chi connectivity index (χ2n) is 7.24. The first-order valence-electron chi connectivity index (χ1n) is 9.02. The summed E-state index contributed by atoms with van der Waals surface area (Å²) >= 11 is 0. The Bertz CT molecular complexity index is 635. The number of morpholine rings is 1. The molecular weight excluding hydrogens is 330 g/mol. The van der Waals surface area contributed by atoms with Crippen molar-refractivity contribution in [2.24, 2.45) is 5.92 Å². The zero-order chi connectivity index (χ0) is 17.4. The molecule has 2 fully saturated rings. The Kier molecular flexibility index (Phi) is 4.49. The second kappa shape index (κ2) is 6.64. The Morgan fingerprint density at radius 3 is 2.68 bits per heavy atom. The Labute approximate surface area is 145 Å². The third kappa shape index (κ3) is 3.55. The van der Waals surface area contributed by atoms with E-state index in [-0.39, 0.29) is 18.7 Å². The molecule has 3 heterocycles. The minimum atomic E-state index is -2.65. The second-order valence-corrected chi connectivity index (χ2v) is 7.24. The van der Waals surface area contributed by atoms with Gasteiger partial charge in [-0.15, -0.1) is 0 Å².